The van der Waals surface area contributed by atoms with E-state index in [0.717, 1.165) is 5.56 Å². The Morgan fingerprint density at radius 1 is 1.12 bits per heavy atom. The van der Waals surface area contributed by atoms with Gasteiger partial charge in [-0.25, -0.2) is 0 Å². The minimum absolute atomic E-state index is 0.199. The largest absolute Gasteiger partial charge is 0.454 e. The van der Waals surface area contributed by atoms with Crippen LogP contribution in [0.3, 0.4) is 0 Å². The van der Waals surface area contributed by atoms with Crippen molar-refractivity contribution >= 4 is 40.9 Å². The molecule has 4 rings (SSSR count). The van der Waals surface area contributed by atoms with E-state index < -0.39 is 0 Å². The summed E-state index contributed by atoms with van der Waals surface area (Å²) in [6.45, 7) is 0.199. The number of aromatic amines is 1. The van der Waals surface area contributed by atoms with E-state index in [0.29, 0.717) is 31.3 Å². The van der Waals surface area contributed by atoms with Crippen molar-refractivity contribution in [1.82, 2.24) is 4.98 Å². The Morgan fingerprint density at radius 3 is 2.69 bits per heavy atom. The maximum atomic E-state index is 12.3. The number of hydrogen-bond donors (Lipinski definition) is 1. The van der Waals surface area contributed by atoms with Gasteiger partial charge in [-0.15, -0.1) is 11.3 Å². The van der Waals surface area contributed by atoms with E-state index in [9.17, 15) is 9.59 Å². The molecule has 0 fully saturated rings. The fourth-order valence-electron chi connectivity index (χ4n) is 2.50. The van der Waals surface area contributed by atoms with Crippen LogP contribution in [0.4, 0.5) is 0 Å². The van der Waals surface area contributed by atoms with Gasteiger partial charge in [0.2, 0.25) is 6.79 Å². The highest BCUT2D eigenvalue weighted by Gasteiger charge is 2.12. The van der Waals surface area contributed by atoms with E-state index in [-0.39, 0.29) is 18.1 Å². The fraction of sp³-hybridized carbons (Fsp3) is 0.0526. The number of ether oxygens (including phenoxy) is 2. The summed E-state index contributed by atoms with van der Waals surface area (Å²) in [5.74, 6) is 1.13. The van der Waals surface area contributed by atoms with Crippen molar-refractivity contribution in [3.8, 4) is 11.5 Å². The monoisotopic (exact) mass is 385 g/mol. The predicted octanol–water partition coefficient (Wildman–Crippen LogP) is 2.31. The summed E-state index contributed by atoms with van der Waals surface area (Å²) in [5.41, 5.74) is 1.07. The summed E-state index contributed by atoms with van der Waals surface area (Å²) < 4.78 is 11.6. The lowest BCUT2D eigenvalue weighted by Gasteiger charge is -1.96. The molecular weight excluding hydrogens is 374 g/mol. The number of nitrogens with one attached hydrogen (secondary N) is 1. The van der Waals surface area contributed by atoms with Gasteiger partial charge in [-0.05, 0) is 48.0 Å². The van der Waals surface area contributed by atoms with Crippen LogP contribution >= 0.6 is 22.9 Å². The van der Waals surface area contributed by atoms with Gasteiger partial charge < -0.3 is 14.5 Å². The van der Waals surface area contributed by atoms with Crippen LogP contribution in [-0.2, 0) is 0 Å². The number of aromatic nitrogens is 1. The van der Waals surface area contributed by atoms with Crippen molar-refractivity contribution in [2.45, 2.75) is 0 Å². The molecule has 1 aliphatic rings. The Balaban J connectivity index is 1.68. The van der Waals surface area contributed by atoms with Crippen LogP contribution in [0.15, 0.2) is 47.3 Å². The summed E-state index contributed by atoms with van der Waals surface area (Å²) in [5, 5.41) is 0.562. The Kier molecular flexibility index (Phi) is 4.36. The van der Waals surface area contributed by atoms with Gasteiger partial charge in [-0.1, -0.05) is 17.7 Å². The molecule has 2 heterocycles. The molecule has 1 N–H and O–H groups in total. The first kappa shape index (κ1) is 16.6. The topological polar surface area (TPSA) is 68.4 Å². The smallest absolute Gasteiger partial charge is 0.266 e. The molecule has 2 aromatic carbocycles. The summed E-state index contributed by atoms with van der Waals surface area (Å²) in [4.78, 5) is 27.1. The molecule has 0 unspecified atom stereocenters. The third kappa shape index (κ3) is 3.42. The van der Waals surface area contributed by atoms with E-state index in [4.69, 9.17) is 21.1 Å². The molecule has 7 heteroatoms. The molecule has 130 valence electrons. The van der Waals surface area contributed by atoms with Crippen LogP contribution in [0.5, 0.6) is 11.5 Å². The van der Waals surface area contributed by atoms with Crippen molar-refractivity contribution in [1.29, 1.82) is 0 Å². The second-order valence-corrected chi connectivity index (χ2v) is 7.08. The fourth-order valence-corrected chi connectivity index (χ4v) is 3.51. The second kappa shape index (κ2) is 6.82. The quantitative estimate of drug-likeness (QED) is 0.702. The van der Waals surface area contributed by atoms with Crippen molar-refractivity contribution in [3.63, 3.8) is 0 Å². The van der Waals surface area contributed by atoms with Crippen LogP contribution < -0.4 is 24.2 Å². The van der Waals surface area contributed by atoms with E-state index in [1.54, 1.807) is 36.4 Å². The first-order valence-corrected chi connectivity index (χ1v) is 8.90. The number of thiazole rings is 1. The second-order valence-electron chi connectivity index (χ2n) is 5.56. The predicted molar refractivity (Wildman–Crippen MR) is 101 cm³/mol. The van der Waals surface area contributed by atoms with Gasteiger partial charge in [0, 0.05) is 16.7 Å². The molecule has 0 spiro atoms. The average molecular weight is 386 g/mol. The standard InChI is InChI=1S/C19H12ClNO4S/c20-13-4-2-12(3-5-13)14(22)9-18-21-19(23)17(26-18)8-11-1-6-15-16(7-11)25-10-24-15/h1-9H,10H2,(H,21,23)/b17-8-,18-9-. The summed E-state index contributed by atoms with van der Waals surface area (Å²) in [6, 6.07) is 12.0. The van der Waals surface area contributed by atoms with Crippen LogP contribution in [0, 0.1) is 0 Å². The molecule has 0 atom stereocenters. The van der Waals surface area contributed by atoms with Crippen LogP contribution in [-0.4, -0.2) is 17.6 Å². The molecule has 0 amide bonds. The summed E-state index contributed by atoms with van der Waals surface area (Å²) >= 11 is 7.04. The molecule has 0 bridgehead atoms. The van der Waals surface area contributed by atoms with E-state index in [1.807, 2.05) is 12.1 Å². The van der Waals surface area contributed by atoms with Gasteiger partial charge >= 0.3 is 0 Å². The number of carbonyl (C=O) groups is 1. The maximum Gasteiger partial charge on any atom is 0.266 e. The zero-order valence-corrected chi connectivity index (χ0v) is 14.9. The van der Waals surface area contributed by atoms with Crippen molar-refractivity contribution in [2.24, 2.45) is 0 Å². The van der Waals surface area contributed by atoms with Gasteiger partial charge in [-0.3, -0.25) is 9.59 Å². The molecule has 3 aromatic rings. The number of hydrogen-bond acceptors (Lipinski definition) is 5. The average Bonchev–Trinajstić information content (AvgIpc) is 3.22. The number of halogens is 1. The van der Waals surface area contributed by atoms with Crippen LogP contribution in [0.25, 0.3) is 12.2 Å². The zero-order valence-electron chi connectivity index (χ0n) is 13.3. The lowest BCUT2D eigenvalue weighted by atomic mass is 10.1. The summed E-state index contributed by atoms with van der Waals surface area (Å²) in [7, 11) is 0. The zero-order chi connectivity index (χ0) is 18.1. The molecular formula is C19H12ClNO4S. The SMILES string of the molecule is O=C(/C=c1/[nH]c(=O)/c(=C/c2ccc3c(c2)OCO3)s1)c1ccc(Cl)cc1. The number of fused-ring (bicyclic) bond motifs is 1. The molecule has 0 saturated carbocycles. The Hall–Kier alpha value is -2.83. The summed E-state index contributed by atoms with van der Waals surface area (Å²) in [6.07, 6.45) is 3.15. The molecule has 26 heavy (non-hydrogen) atoms. The molecule has 0 radical (unpaired) electrons. The first-order chi connectivity index (χ1) is 12.6. The Morgan fingerprint density at radius 2 is 1.88 bits per heavy atom. The normalized spacial score (nSPS) is 14.0. The lowest BCUT2D eigenvalue weighted by Crippen LogP contribution is -2.20. The number of rotatable bonds is 3. The highest BCUT2D eigenvalue weighted by atomic mass is 35.5. The molecule has 0 aliphatic carbocycles. The van der Waals surface area contributed by atoms with E-state index >= 15 is 0 Å². The minimum Gasteiger partial charge on any atom is -0.454 e. The van der Waals surface area contributed by atoms with Gasteiger partial charge in [0.1, 0.15) is 0 Å². The number of Topliss-reactive ketones (excluding diaryl/α,β-unsaturated/α-hetero) is 1. The van der Waals surface area contributed by atoms with Crippen molar-refractivity contribution in [3.05, 3.63) is 78.2 Å². The minimum atomic E-state index is -0.247. The highest BCUT2D eigenvalue weighted by molar-refractivity contribution is 7.07. The number of H-pyrrole nitrogens is 1. The maximum absolute atomic E-state index is 12.3. The molecule has 1 aromatic heterocycles. The van der Waals surface area contributed by atoms with E-state index in [1.165, 1.54) is 17.4 Å². The van der Waals surface area contributed by atoms with Crippen LogP contribution in [0.1, 0.15) is 15.9 Å². The Labute approximate surface area is 156 Å². The molecule has 5 nitrogen and oxygen atoms in total. The van der Waals surface area contributed by atoms with Gasteiger partial charge in [0.15, 0.2) is 17.3 Å². The lowest BCUT2D eigenvalue weighted by molar-refractivity contribution is 0.106. The number of carbonyl (C=O) groups excluding carboxylic acids is 1. The number of ketones is 1. The first-order valence-electron chi connectivity index (χ1n) is 7.71. The number of benzene rings is 2. The molecule has 1 aliphatic heterocycles. The molecule has 0 saturated heterocycles. The van der Waals surface area contributed by atoms with Crippen LogP contribution in [0.2, 0.25) is 5.02 Å². The van der Waals surface area contributed by atoms with Crippen molar-refractivity contribution in [2.75, 3.05) is 6.79 Å². The van der Waals surface area contributed by atoms with Crippen molar-refractivity contribution < 1.29 is 14.3 Å². The van der Waals surface area contributed by atoms with Gasteiger partial charge in [0.05, 0.1) is 9.20 Å². The third-order valence-electron chi connectivity index (χ3n) is 3.77. The highest BCUT2D eigenvalue weighted by Crippen LogP contribution is 2.32. The third-order valence-corrected chi connectivity index (χ3v) is 4.98. The Bertz CT molecular complexity index is 1160. The van der Waals surface area contributed by atoms with Gasteiger partial charge in [-0.2, -0.15) is 0 Å². The van der Waals surface area contributed by atoms with Gasteiger partial charge in [0.25, 0.3) is 5.56 Å². The van der Waals surface area contributed by atoms with E-state index in [2.05, 4.69) is 4.98 Å².